The molecular weight excluding hydrogens is 276 g/mol. The van der Waals surface area contributed by atoms with E-state index in [0.717, 1.165) is 31.7 Å². The Labute approximate surface area is 133 Å². The molecule has 22 heavy (non-hydrogen) atoms. The summed E-state index contributed by atoms with van der Waals surface area (Å²) in [5, 5.41) is 3.25. The highest BCUT2D eigenvalue weighted by Crippen LogP contribution is 2.14. The summed E-state index contributed by atoms with van der Waals surface area (Å²) in [5.41, 5.74) is 1.17. The van der Waals surface area contributed by atoms with Crippen LogP contribution in [0.1, 0.15) is 45.1 Å². The number of hydrogen-bond donors (Lipinski definition) is 1. The minimum Gasteiger partial charge on any atom is -0.491 e. The highest BCUT2D eigenvalue weighted by atomic mass is 16.5. The summed E-state index contributed by atoms with van der Waals surface area (Å²) < 4.78 is 5.62. The molecule has 1 saturated heterocycles. The lowest BCUT2D eigenvalue weighted by Gasteiger charge is -2.20. The van der Waals surface area contributed by atoms with Crippen LogP contribution in [0.2, 0.25) is 0 Å². The smallest absolute Gasteiger partial charge is 0.236 e. The normalized spacial score (nSPS) is 15.7. The van der Waals surface area contributed by atoms with E-state index < -0.39 is 0 Å². The van der Waals surface area contributed by atoms with E-state index in [2.05, 4.69) is 5.32 Å². The van der Waals surface area contributed by atoms with Gasteiger partial charge in [-0.2, -0.15) is 0 Å². The van der Waals surface area contributed by atoms with Crippen molar-refractivity contribution in [2.24, 2.45) is 0 Å². The van der Waals surface area contributed by atoms with Crippen LogP contribution in [0.25, 0.3) is 0 Å². The van der Waals surface area contributed by atoms with Crippen LogP contribution in [-0.4, -0.2) is 36.5 Å². The van der Waals surface area contributed by atoms with Gasteiger partial charge in [-0.25, -0.2) is 0 Å². The van der Waals surface area contributed by atoms with Crippen molar-refractivity contribution in [3.8, 4) is 5.75 Å². The van der Waals surface area contributed by atoms with Gasteiger partial charge in [0.2, 0.25) is 5.91 Å². The molecule has 4 heteroatoms. The van der Waals surface area contributed by atoms with Gasteiger partial charge in [-0.1, -0.05) is 25.0 Å². The van der Waals surface area contributed by atoms with Crippen molar-refractivity contribution in [3.05, 3.63) is 29.8 Å². The van der Waals surface area contributed by atoms with Crippen LogP contribution in [0.3, 0.4) is 0 Å². The summed E-state index contributed by atoms with van der Waals surface area (Å²) in [7, 11) is 0. The largest absolute Gasteiger partial charge is 0.491 e. The number of ether oxygens (including phenoxy) is 1. The van der Waals surface area contributed by atoms with Gasteiger partial charge < -0.3 is 15.0 Å². The lowest BCUT2D eigenvalue weighted by atomic mass is 10.2. The summed E-state index contributed by atoms with van der Waals surface area (Å²) in [6, 6.07) is 8.05. The number of hydrogen-bond acceptors (Lipinski definition) is 3. The molecule has 0 aromatic heterocycles. The zero-order valence-corrected chi connectivity index (χ0v) is 13.8. The van der Waals surface area contributed by atoms with Crippen LogP contribution in [0.4, 0.5) is 0 Å². The Bertz CT molecular complexity index is 449. The first-order valence-corrected chi connectivity index (χ1v) is 8.39. The molecule has 2 rings (SSSR count). The van der Waals surface area contributed by atoms with E-state index in [1.54, 1.807) is 0 Å². The Kier molecular flexibility index (Phi) is 6.72. The molecule has 1 aliphatic heterocycles. The number of nitrogens with one attached hydrogen (secondary N) is 1. The van der Waals surface area contributed by atoms with Gasteiger partial charge in [0, 0.05) is 19.6 Å². The first kappa shape index (κ1) is 16.8. The lowest BCUT2D eigenvalue weighted by molar-refractivity contribution is -0.130. The molecule has 0 spiro atoms. The molecule has 0 unspecified atom stereocenters. The van der Waals surface area contributed by atoms with Crippen molar-refractivity contribution >= 4 is 5.91 Å². The van der Waals surface area contributed by atoms with Crippen LogP contribution in [-0.2, 0) is 11.3 Å². The van der Waals surface area contributed by atoms with E-state index in [9.17, 15) is 4.79 Å². The van der Waals surface area contributed by atoms with Crippen LogP contribution in [0, 0.1) is 0 Å². The first-order chi connectivity index (χ1) is 10.6. The van der Waals surface area contributed by atoms with E-state index >= 15 is 0 Å². The molecule has 4 nitrogen and oxygen atoms in total. The van der Waals surface area contributed by atoms with Crippen molar-refractivity contribution in [1.29, 1.82) is 0 Å². The summed E-state index contributed by atoms with van der Waals surface area (Å²) in [5.74, 6) is 1.11. The number of amides is 1. The molecule has 1 aromatic carbocycles. The van der Waals surface area contributed by atoms with E-state index in [1.165, 1.54) is 18.4 Å². The molecule has 1 aromatic rings. The van der Waals surface area contributed by atoms with Gasteiger partial charge in [0.1, 0.15) is 5.75 Å². The predicted molar refractivity (Wildman–Crippen MR) is 89.0 cm³/mol. The molecule has 1 fully saturated rings. The molecule has 1 aliphatic rings. The van der Waals surface area contributed by atoms with E-state index in [4.69, 9.17) is 4.74 Å². The Balaban J connectivity index is 1.72. The standard InChI is InChI=1S/C18H28N2O2/c1-15(2)22-17-9-7-16(8-10-17)13-19-14-18(21)20-11-5-3-4-6-12-20/h7-10,15,19H,3-6,11-14H2,1-2H3. The third-order valence-electron chi connectivity index (χ3n) is 3.86. The fourth-order valence-corrected chi connectivity index (χ4v) is 2.70. The van der Waals surface area contributed by atoms with Crippen molar-refractivity contribution in [3.63, 3.8) is 0 Å². The molecule has 122 valence electrons. The molecule has 0 bridgehead atoms. The fraction of sp³-hybridized carbons (Fsp3) is 0.611. The van der Waals surface area contributed by atoms with E-state index in [0.29, 0.717) is 13.1 Å². The summed E-state index contributed by atoms with van der Waals surface area (Å²) in [6.07, 6.45) is 4.98. The third kappa shape index (κ3) is 5.68. The van der Waals surface area contributed by atoms with Crippen LogP contribution < -0.4 is 10.1 Å². The van der Waals surface area contributed by atoms with Gasteiger partial charge >= 0.3 is 0 Å². The number of rotatable bonds is 6. The van der Waals surface area contributed by atoms with Gasteiger partial charge in [-0.3, -0.25) is 4.79 Å². The van der Waals surface area contributed by atoms with Crippen LogP contribution in [0.5, 0.6) is 5.75 Å². The monoisotopic (exact) mass is 304 g/mol. The Morgan fingerprint density at radius 3 is 2.36 bits per heavy atom. The number of likely N-dealkylation sites (tertiary alicyclic amines) is 1. The maximum atomic E-state index is 12.2. The zero-order chi connectivity index (χ0) is 15.8. The van der Waals surface area contributed by atoms with Crippen molar-refractivity contribution in [1.82, 2.24) is 10.2 Å². The fourth-order valence-electron chi connectivity index (χ4n) is 2.70. The molecule has 0 radical (unpaired) electrons. The van der Waals surface area contributed by atoms with Gasteiger partial charge in [-0.15, -0.1) is 0 Å². The van der Waals surface area contributed by atoms with Crippen molar-refractivity contribution in [2.75, 3.05) is 19.6 Å². The Morgan fingerprint density at radius 2 is 1.77 bits per heavy atom. The second-order valence-electron chi connectivity index (χ2n) is 6.21. The average Bonchev–Trinajstić information content (AvgIpc) is 2.77. The average molecular weight is 304 g/mol. The van der Waals surface area contributed by atoms with Crippen molar-refractivity contribution in [2.45, 2.75) is 52.2 Å². The summed E-state index contributed by atoms with van der Waals surface area (Å²) >= 11 is 0. The number of carbonyl (C=O) groups is 1. The van der Waals surface area contributed by atoms with Gasteiger partial charge in [0.25, 0.3) is 0 Å². The quantitative estimate of drug-likeness (QED) is 0.878. The van der Waals surface area contributed by atoms with E-state index in [1.807, 2.05) is 43.0 Å². The molecule has 0 saturated carbocycles. The topological polar surface area (TPSA) is 41.6 Å². The second-order valence-corrected chi connectivity index (χ2v) is 6.21. The van der Waals surface area contributed by atoms with Crippen LogP contribution >= 0.6 is 0 Å². The van der Waals surface area contributed by atoms with Crippen LogP contribution in [0.15, 0.2) is 24.3 Å². The zero-order valence-electron chi connectivity index (χ0n) is 13.8. The maximum Gasteiger partial charge on any atom is 0.236 e. The SMILES string of the molecule is CC(C)Oc1ccc(CNCC(=O)N2CCCCCC2)cc1. The molecule has 1 amide bonds. The van der Waals surface area contributed by atoms with Gasteiger partial charge in [0.05, 0.1) is 12.6 Å². The van der Waals surface area contributed by atoms with E-state index in [-0.39, 0.29) is 12.0 Å². The molecule has 1 N–H and O–H groups in total. The van der Waals surface area contributed by atoms with Gasteiger partial charge in [-0.05, 0) is 44.4 Å². The summed E-state index contributed by atoms with van der Waals surface area (Å²) in [4.78, 5) is 14.2. The highest BCUT2D eigenvalue weighted by molar-refractivity contribution is 5.78. The molecule has 0 atom stereocenters. The minimum atomic E-state index is 0.190. The molecule has 1 heterocycles. The number of benzene rings is 1. The molecular formula is C18H28N2O2. The van der Waals surface area contributed by atoms with Gasteiger partial charge in [0.15, 0.2) is 0 Å². The second kappa shape index (κ2) is 8.79. The maximum absolute atomic E-state index is 12.2. The summed E-state index contributed by atoms with van der Waals surface area (Å²) in [6.45, 7) is 7.00. The predicted octanol–water partition coefficient (Wildman–Crippen LogP) is 2.97. The highest BCUT2D eigenvalue weighted by Gasteiger charge is 2.14. The number of nitrogens with zero attached hydrogens (tertiary/aromatic N) is 1. The van der Waals surface area contributed by atoms with Crippen molar-refractivity contribution < 1.29 is 9.53 Å². The Hall–Kier alpha value is -1.55. The third-order valence-corrected chi connectivity index (χ3v) is 3.86. The molecule has 0 aliphatic carbocycles. The first-order valence-electron chi connectivity index (χ1n) is 8.39. The lowest BCUT2D eigenvalue weighted by Crippen LogP contribution is -2.38. The Morgan fingerprint density at radius 1 is 1.14 bits per heavy atom. The minimum absolute atomic E-state index is 0.190. The number of carbonyl (C=O) groups excluding carboxylic acids is 1.